The van der Waals surface area contributed by atoms with Crippen molar-refractivity contribution in [1.82, 2.24) is 15.6 Å². The van der Waals surface area contributed by atoms with E-state index in [0.29, 0.717) is 5.13 Å². The van der Waals surface area contributed by atoms with Gasteiger partial charge in [-0.25, -0.2) is 14.2 Å². The van der Waals surface area contributed by atoms with Gasteiger partial charge < -0.3 is 16.0 Å². The number of benzene rings is 1. The number of halogens is 1. The highest BCUT2D eigenvalue weighted by Crippen LogP contribution is 2.28. The summed E-state index contributed by atoms with van der Waals surface area (Å²) >= 11 is 1.53. The number of nitrogens with one attached hydrogen (secondary N) is 3. The molecule has 1 aliphatic rings. The number of amides is 3. The van der Waals surface area contributed by atoms with Crippen molar-refractivity contribution in [3.8, 4) is 0 Å². The van der Waals surface area contributed by atoms with Gasteiger partial charge in [0.25, 0.3) is 0 Å². The number of carbonyl (C=O) groups is 2. The van der Waals surface area contributed by atoms with Crippen LogP contribution in [-0.2, 0) is 24.2 Å². The number of carbonyl (C=O) groups excluding carboxylic acids is 2. The Morgan fingerprint density at radius 1 is 1.04 bits per heavy atom. The Morgan fingerprint density at radius 2 is 1.78 bits per heavy atom. The van der Waals surface area contributed by atoms with E-state index in [-0.39, 0.29) is 24.8 Å². The number of hydrogen-bond donors (Lipinski definition) is 3. The fourth-order valence-corrected chi connectivity index (χ4v) is 4.00. The Morgan fingerprint density at radius 3 is 2.56 bits per heavy atom. The summed E-state index contributed by atoms with van der Waals surface area (Å²) < 4.78 is 12.8. The Labute approximate surface area is 161 Å². The zero-order valence-electron chi connectivity index (χ0n) is 15.0. The van der Waals surface area contributed by atoms with Gasteiger partial charge in [-0.15, -0.1) is 11.3 Å². The Balaban J connectivity index is 1.42. The first-order valence-electron chi connectivity index (χ1n) is 9.15. The summed E-state index contributed by atoms with van der Waals surface area (Å²) in [6, 6.07) is 5.40. The minimum absolute atomic E-state index is 0.139. The number of nitrogens with zero attached hydrogens (tertiary/aromatic N) is 1. The van der Waals surface area contributed by atoms with E-state index in [9.17, 15) is 14.0 Å². The summed E-state index contributed by atoms with van der Waals surface area (Å²) in [5, 5.41) is 8.49. The molecule has 2 aromatic rings. The monoisotopic (exact) mass is 390 g/mol. The Kier molecular flexibility index (Phi) is 6.75. The van der Waals surface area contributed by atoms with Gasteiger partial charge >= 0.3 is 6.03 Å². The van der Waals surface area contributed by atoms with E-state index in [1.54, 1.807) is 12.1 Å². The minimum atomic E-state index is -0.458. The zero-order valence-corrected chi connectivity index (χ0v) is 15.8. The second kappa shape index (κ2) is 9.45. The average molecular weight is 390 g/mol. The highest BCUT2D eigenvalue weighted by molar-refractivity contribution is 7.15. The number of rotatable bonds is 5. The van der Waals surface area contributed by atoms with Crippen LogP contribution in [0.5, 0.6) is 0 Å². The van der Waals surface area contributed by atoms with Crippen LogP contribution in [0.3, 0.4) is 0 Å². The van der Waals surface area contributed by atoms with E-state index < -0.39 is 6.03 Å². The molecule has 0 spiro atoms. The van der Waals surface area contributed by atoms with E-state index >= 15 is 0 Å². The van der Waals surface area contributed by atoms with Crippen molar-refractivity contribution in [3.05, 3.63) is 46.2 Å². The quantitative estimate of drug-likeness (QED) is 0.732. The fraction of sp³-hybridized carbons (Fsp3) is 0.421. The molecule has 0 atom stereocenters. The van der Waals surface area contributed by atoms with Gasteiger partial charge in [0.2, 0.25) is 5.91 Å². The number of aromatic nitrogens is 1. The van der Waals surface area contributed by atoms with Gasteiger partial charge in [-0.3, -0.25) is 4.79 Å². The minimum Gasteiger partial charge on any atom is -0.334 e. The third kappa shape index (κ3) is 6.02. The summed E-state index contributed by atoms with van der Waals surface area (Å²) in [4.78, 5) is 29.6. The molecule has 0 saturated carbocycles. The smallest absolute Gasteiger partial charge is 0.315 e. The third-order valence-corrected chi connectivity index (χ3v) is 5.44. The van der Waals surface area contributed by atoms with Gasteiger partial charge in [0.05, 0.1) is 12.2 Å². The van der Waals surface area contributed by atoms with Crippen LogP contribution < -0.4 is 16.0 Å². The largest absolute Gasteiger partial charge is 0.334 e. The fourth-order valence-electron chi connectivity index (χ4n) is 2.93. The average Bonchev–Trinajstić information content (AvgIpc) is 3.00. The lowest BCUT2D eigenvalue weighted by Gasteiger charge is -2.07. The van der Waals surface area contributed by atoms with E-state index in [0.717, 1.165) is 30.5 Å². The molecule has 3 rings (SSSR count). The first-order chi connectivity index (χ1) is 13.1. The summed E-state index contributed by atoms with van der Waals surface area (Å²) in [5.41, 5.74) is 1.87. The maximum Gasteiger partial charge on any atom is 0.315 e. The SMILES string of the molecule is O=C(CNC(=O)NCc1ccc(F)cc1)Nc1nc2c(s1)CCCCCC2. The molecule has 1 aromatic heterocycles. The first kappa shape index (κ1) is 19.3. The van der Waals surface area contributed by atoms with Crippen molar-refractivity contribution in [2.24, 2.45) is 0 Å². The van der Waals surface area contributed by atoms with Crippen LogP contribution >= 0.6 is 11.3 Å². The molecule has 1 aromatic carbocycles. The molecule has 3 N–H and O–H groups in total. The van der Waals surface area contributed by atoms with Crippen LogP contribution in [-0.4, -0.2) is 23.5 Å². The second-order valence-electron chi connectivity index (χ2n) is 6.51. The van der Waals surface area contributed by atoms with Gasteiger partial charge in [-0.05, 0) is 43.4 Å². The number of hydrogen-bond acceptors (Lipinski definition) is 4. The van der Waals surface area contributed by atoms with Crippen molar-refractivity contribution in [2.75, 3.05) is 11.9 Å². The molecule has 0 aliphatic heterocycles. The number of fused-ring (bicyclic) bond motifs is 1. The number of anilines is 1. The molecule has 144 valence electrons. The molecular weight excluding hydrogens is 367 g/mol. The van der Waals surface area contributed by atoms with Crippen molar-refractivity contribution in [3.63, 3.8) is 0 Å². The van der Waals surface area contributed by atoms with Crippen molar-refractivity contribution >= 4 is 28.4 Å². The van der Waals surface area contributed by atoms with Crippen molar-refractivity contribution in [2.45, 2.75) is 45.1 Å². The van der Waals surface area contributed by atoms with Gasteiger partial charge in [0.1, 0.15) is 5.82 Å². The van der Waals surface area contributed by atoms with Gasteiger partial charge in [-0.1, -0.05) is 25.0 Å². The molecule has 6 nitrogen and oxygen atoms in total. The molecule has 0 fully saturated rings. The normalized spacial score (nSPS) is 13.8. The summed E-state index contributed by atoms with van der Waals surface area (Å²) in [5.74, 6) is -0.636. The lowest BCUT2D eigenvalue weighted by molar-refractivity contribution is -0.115. The Hall–Kier alpha value is -2.48. The van der Waals surface area contributed by atoms with E-state index in [2.05, 4.69) is 20.9 Å². The van der Waals surface area contributed by atoms with Crippen molar-refractivity contribution < 1.29 is 14.0 Å². The molecule has 0 radical (unpaired) electrons. The number of thiazole rings is 1. The van der Waals surface area contributed by atoms with E-state index in [1.165, 1.54) is 47.6 Å². The summed E-state index contributed by atoms with van der Waals surface area (Å²) in [6.07, 6.45) is 6.77. The molecule has 3 amide bonds. The topological polar surface area (TPSA) is 83.1 Å². The lowest BCUT2D eigenvalue weighted by atomic mass is 10.0. The summed E-state index contributed by atoms with van der Waals surface area (Å²) in [7, 11) is 0. The maximum absolute atomic E-state index is 12.8. The molecule has 0 bridgehead atoms. The van der Waals surface area contributed by atoms with Gasteiger partial charge in [-0.2, -0.15) is 0 Å². The van der Waals surface area contributed by atoms with Crippen LogP contribution in [0.15, 0.2) is 24.3 Å². The number of urea groups is 1. The summed E-state index contributed by atoms with van der Waals surface area (Å²) in [6.45, 7) is 0.117. The van der Waals surface area contributed by atoms with Gasteiger partial charge in [0.15, 0.2) is 5.13 Å². The maximum atomic E-state index is 12.8. The molecule has 0 unspecified atom stereocenters. The predicted molar refractivity (Wildman–Crippen MR) is 103 cm³/mol. The molecule has 27 heavy (non-hydrogen) atoms. The highest BCUT2D eigenvalue weighted by Gasteiger charge is 2.15. The van der Waals surface area contributed by atoms with Crippen molar-refractivity contribution in [1.29, 1.82) is 0 Å². The molecule has 1 heterocycles. The van der Waals surface area contributed by atoms with Crippen LogP contribution in [0.2, 0.25) is 0 Å². The molecule has 0 saturated heterocycles. The molecule has 8 heteroatoms. The highest BCUT2D eigenvalue weighted by atomic mass is 32.1. The number of aryl methyl sites for hydroxylation is 2. The molecular formula is C19H23FN4O2S. The third-order valence-electron chi connectivity index (χ3n) is 4.37. The van der Waals surface area contributed by atoms with Crippen LogP contribution in [0.1, 0.15) is 41.8 Å². The van der Waals surface area contributed by atoms with E-state index in [4.69, 9.17) is 0 Å². The van der Waals surface area contributed by atoms with Gasteiger partial charge in [0, 0.05) is 11.4 Å². The second-order valence-corrected chi connectivity index (χ2v) is 7.60. The predicted octanol–water partition coefficient (Wildman–Crippen LogP) is 3.38. The van der Waals surface area contributed by atoms with Crippen LogP contribution in [0.25, 0.3) is 0 Å². The van der Waals surface area contributed by atoms with E-state index in [1.807, 2.05) is 0 Å². The molecule has 1 aliphatic carbocycles. The standard InChI is InChI=1S/C19H23FN4O2S/c20-14-9-7-13(8-10-14)11-21-18(26)22-12-17(25)24-19-23-15-5-3-1-2-4-6-16(15)27-19/h7-10H,1-6,11-12H2,(H2,21,22,26)(H,23,24,25). The van der Waals surface area contributed by atoms with Crippen LogP contribution in [0.4, 0.5) is 14.3 Å². The first-order valence-corrected chi connectivity index (χ1v) is 9.96. The lowest BCUT2D eigenvalue weighted by Crippen LogP contribution is -2.39. The zero-order chi connectivity index (χ0) is 19.1. The van der Waals surface area contributed by atoms with Crippen LogP contribution in [0, 0.1) is 5.82 Å². The Bertz CT molecular complexity index is 766.